The monoisotopic (exact) mass is 508 g/mol. The molecule has 206 valence electrons. The van der Waals surface area contributed by atoms with Gasteiger partial charge in [-0.2, -0.15) is 9.90 Å². The lowest BCUT2D eigenvalue weighted by atomic mass is 9.97. The van der Waals surface area contributed by atoms with E-state index in [-0.39, 0.29) is 27.7 Å². The van der Waals surface area contributed by atoms with Crippen LogP contribution in [0.5, 0.6) is 0 Å². The second kappa shape index (κ2) is 29.9. The number of carboxylic acid groups (broad SMARTS) is 3. The molecule has 0 bridgehead atoms. The summed E-state index contributed by atoms with van der Waals surface area (Å²) in [6.07, 6.45) is 14.3. The molecule has 7 heteroatoms. The molecule has 4 atom stereocenters. The highest BCUT2D eigenvalue weighted by Gasteiger charge is 2.16. The van der Waals surface area contributed by atoms with Gasteiger partial charge in [0.15, 0.2) is 0 Å². The van der Waals surface area contributed by atoms with Crippen molar-refractivity contribution in [1.82, 2.24) is 0 Å². The Hall–Kier alpha value is -1.16. The molecule has 0 fully saturated rings. The fourth-order valence-corrected chi connectivity index (χ4v) is 3.57. The predicted octanol–water partition coefficient (Wildman–Crippen LogP) is 8.09. The first kappa shape index (κ1) is 40.0. The van der Waals surface area contributed by atoms with Gasteiger partial charge in [0.2, 0.25) is 0 Å². The Bertz CT molecular complexity index is 403. The third-order valence-electron chi connectivity index (χ3n) is 5.68. The predicted molar refractivity (Wildman–Crippen MR) is 148 cm³/mol. The summed E-state index contributed by atoms with van der Waals surface area (Å²) in [5, 5.41) is 26.2. The number of unbranched alkanes of at least 4 members (excludes halogenated alkanes) is 3. The zero-order valence-corrected chi connectivity index (χ0v) is 24.5. The lowest BCUT2D eigenvalue weighted by Gasteiger charge is -2.08. The van der Waals surface area contributed by atoms with Crippen LogP contribution in [0.3, 0.4) is 0 Å². The molecule has 34 heavy (non-hydrogen) atoms. The van der Waals surface area contributed by atoms with Gasteiger partial charge in [0, 0.05) is 0 Å². The van der Waals surface area contributed by atoms with Crippen LogP contribution in [0, 0.1) is 17.8 Å². The van der Waals surface area contributed by atoms with Crippen LogP contribution in [-0.4, -0.2) is 33.2 Å². The number of aliphatic carboxylic acids is 3. The van der Waals surface area contributed by atoms with Gasteiger partial charge in [-0.05, 0) is 38.5 Å². The van der Waals surface area contributed by atoms with Crippen LogP contribution in [0.1, 0.15) is 138 Å². The Morgan fingerprint density at radius 2 is 0.647 bits per heavy atom. The maximum absolute atomic E-state index is 10.6. The minimum absolute atomic E-state index is 0. The third kappa shape index (κ3) is 27.1. The minimum Gasteiger partial charge on any atom is -0.481 e. The zero-order chi connectivity index (χ0) is 26.1. The van der Waals surface area contributed by atoms with Crippen LogP contribution in [-0.2, 0) is 14.4 Å². The van der Waals surface area contributed by atoms with E-state index in [2.05, 4.69) is 20.8 Å². The summed E-state index contributed by atoms with van der Waals surface area (Å²) in [5.41, 5.74) is 0. The molecule has 0 aromatic carbocycles. The lowest BCUT2D eigenvalue weighted by Crippen LogP contribution is -2.12. The topological polar surface area (TPSA) is 112 Å². The average Bonchev–Trinajstić information content (AvgIpc) is 2.77. The molecule has 3 N–H and O–H groups in total. The number of hydrogen-bond donors (Lipinski definition) is 3. The fraction of sp³-hybridized carbons (Fsp3) is 0.889. The highest BCUT2D eigenvalue weighted by atomic mass is 31.0. The second-order valence-electron chi connectivity index (χ2n) is 8.90. The third-order valence-corrected chi connectivity index (χ3v) is 5.68. The van der Waals surface area contributed by atoms with Gasteiger partial charge in [-0.3, -0.25) is 14.4 Å². The van der Waals surface area contributed by atoms with E-state index in [0.29, 0.717) is 0 Å². The normalized spacial score (nSPS) is 12.5. The van der Waals surface area contributed by atoms with E-state index < -0.39 is 17.9 Å². The van der Waals surface area contributed by atoms with Crippen molar-refractivity contribution < 1.29 is 29.7 Å². The van der Waals surface area contributed by atoms with Gasteiger partial charge in [0.1, 0.15) is 0 Å². The van der Waals surface area contributed by atoms with E-state index in [9.17, 15) is 14.4 Å². The molecule has 0 heterocycles. The molecule has 0 aromatic heterocycles. The molecule has 0 aromatic rings. The first-order valence-electron chi connectivity index (χ1n) is 13.3. The Kier molecular flexibility index (Phi) is 35.2. The number of hydrogen-bond acceptors (Lipinski definition) is 3. The Labute approximate surface area is 213 Å². The quantitative estimate of drug-likeness (QED) is 0.161. The smallest absolute Gasteiger partial charge is 0.306 e. The molecule has 0 aliphatic carbocycles. The van der Waals surface area contributed by atoms with Crippen LogP contribution >= 0.6 is 9.90 Å². The van der Waals surface area contributed by atoms with Gasteiger partial charge in [-0.1, -0.05) is 99.3 Å². The highest BCUT2D eigenvalue weighted by Crippen LogP contribution is 2.16. The maximum Gasteiger partial charge on any atom is 0.306 e. The highest BCUT2D eigenvalue weighted by molar-refractivity contribution is 6.92. The summed E-state index contributed by atoms with van der Waals surface area (Å²) in [4.78, 5) is 31.8. The minimum atomic E-state index is -0.625. The van der Waals surface area contributed by atoms with Crippen LogP contribution in [0.4, 0.5) is 0 Å². The number of carbonyl (C=O) groups is 3. The van der Waals surface area contributed by atoms with Crippen molar-refractivity contribution in [2.75, 3.05) is 0 Å². The molecule has 0 amide bonds. The number of carboxylic acids is 3. The average molecular weight is 509 g/mol. The lowest BCUT2D eigenvalue weighted by molar-refractivity contribution is -0.143. The number of rotatable bonds is 18. The first-order valence-corrected chi connectivity index (χ1v) is 13.3. The Morgan fingerprint density at radius 1 is 0.441 bits per heavy atom. The standard InChI is InChI=1S/3C9H18O2.H3P/c3*1-3-5-7-8(6-4-2)9(10)11;/h3*8H,3-7H2,1-2H3,(H,10,11);1H3. The largest absolute Gasteiger partial charge is 0.481 e. The van der Waals surface area contributed by atoms with E-state index in [0.717, 1.165) is 96.3 Å². The van der Waals surface area contributed by atoms with Crippen molar-refractivity contribution in [1.29, 1.82) is 0 Å². The second-order valence-corrected chi connectivity index (χ2v) is 8.90. The van der Waals surface area contributed by atoms with Gasteiger partial charge in [0.25, 0.3) is 0 Å². The summed E-state index contributed by atoms with van der Waals surface area (Å²) in [6.45, 7) is 12.4. The van der Waals surface area contributed by atoms with Gasteiger partial charge in [-0.25, -0.2) is 0 Å². The van der Waals surface area contributed by atoms with Crippen LogP contribution in [0.15, 0.2) is 0 Å². The van der Waals surface area contributed by atoms with Gasteiger partial charge < -0.3 is 15.3 Å². The van der Waals surface area contributed by atoms with E-state index in [4.69, 9.17) is 15.3 Å². The maximum atomic E-state index is 10.6. The molecule has 6 nitrogen and oxygen atoms in total. The molecule has 0 saturated carbocycles. The molecular formula is C27H57O6P. The molecular weight excluding hydrogens is 451 g/mol. The van der Waals surface area contributed by atoms with E-state index in [1.54, 1.807) is 0 Å². The van der Waals surface area contributed by atoms with Crippen molar-refractivity contribution in [2.24, 2.45) is 17.8 Å². The Morgan fingerprint density at radius 3 is 0.765 bits per heavy atom. The molecule has 4 unspecified atom stereocenters. The van der Waals surface area contributed by atoms with Crippen molar-refractivity contribution in [3.05, 3.63) is 0 Å². The summed E-state index contributed by atoms with van der Waals surface area (Å²) in [5.74, 6) is -2.17. The van der Waals surface area contributed by atoms with E-state index in [1.165, 1.54) is 0 Å². The van der Waals surface area contributed by atoms with E-state index >= 15 is 0 Å². The molecule has 0 rings (SSSR count). The molecule has 0 aliphatic heterocycles. The summed E-state index contributed by atoms with van der Waals surface area (Å²) < 4.78 is 0. The molecule has 0 saturated heterocycles. The van der Waals surface area contributed by atoms with Crippen molar-refractivity contribution >= 4 is 27.8 Å². The molecule has 0 spiro atoms. The van der Waals surface area contributed by atoms with Gasteiger partial charge >= 0.3 is 17.9 Å². The summed E-state index contributed by atoms with van der Waals surface area (Å²) >= 11 is 0. The first-order chi connectivity index (χ1) is 15.7. The molecule has 0 radical (unpaired) electrons. The van der Waals surface area contributed by atoms with Gasteiger partial charge in [-0.15, -0.1) is 0 Å². The van der Waals surface area contributed by atoms with E-state index in [1.807, 2.05) is 20.8 Å². The fourth-order valence-electron chi connectivity index (χ4n) is 3.57. The van der Waals surface area contributed by atoms with Crippen LogP contribution in [0.25, 0.3) is 0 Å². The van der Waals surface area contributed by atoms with Crippen molar-refractivity contribution in [3.63, 3.8) is 0 Å². The molecule has 0 aliphatic rings. The van der Waals surface area contributed by atoms with Crippen LogP contribution < -0.4 is 0 Å². The summed E-state index contributed by atoms with van der Waals surface area (Å²) in [7, 11) is 0. The summed E-state index contributed by atoms with van der Waals surface area (Å²) in [6, 6.07) is 0. The van der Waals surface area contributed by atoms with Gasteiger partial charge in [0.05, 0.1) is 17.8 Å². The Balaban J connectivity index is -0.000000196. The SMILES string of the molecule is CCCCC(CCC)C(=O)O.CCCCC(CCC)C(=O)O.CCCCC(CCC)C(=O)O.P. The van der Waals surface area contributed by atoms with Crippen LogP contribution in [0.2, 0.25) is 0 Å². The van der Waals surface area contributed by atoms with Crippen molar-refractivity contribution in [3.8, 4) is 0 Å². The zero-order valence-electron chi connectivity index (χ0n) is 23.1. The van der Waals surface area contributed by atoms with Crippen molar-refractivity contribution in [2.45, 2.75) is 138 Å².